The van der Waals surface area contributed by atoms with Gasteiger partial charge in [-0.3, -0.25) is 4.72 Å². The Morgan fingerprint density at radius 2 is 1.78 bits per heavy atom. The summed E-state index contributed by atoms with van der Waals surface area (Å²) in [6, 6.07) is 0.827. The Bertz CT molecular complexity index is 584. The number of hydrogen-bond acceptors (Lipinski definition) is 3. The molecule has 18 heavy (non-hydrogen) atoms. The first-order chi connectivity index (χ1) is 7.97. The van der Waals surface area contributed by atoms with E-state index in [-0.39, 0.29) is 21.8 Å². The standard InChI is InChI=1S/C9H9ClF3NO3S/c1-4-5(2)8(10)7(15)3-6(4)14-18(16,17)9(11,12)13/h3,14-15H,1-2H3. The molecule has 102 valence electrons. The minimum absolute atomic E-state index is 0.0394. The van der Waals surface area contributed by atoms with E-state index in [0.717, 1.165) is 6.07 Å². The van der Waals surface area contributed by atoms with Gasteiger partial charge in [0.15, 0.2) is 0 Å². The lowest BCUT2D eigenvalue weighted by Gasteiger charge is -2.15. The fourth-order valence-electron chi connectivity index (χ4n) is 1.18. The molecule has 0 unspecified atom stereocenters. The molecule has 9 heteroatoms. The average molecular weight is 304 g/mol. The predicted molar refractivity (Wildman–Crippen MR) is 61.2 cm³/mol. The van der Waals surface area contributed by atoms with Gasteiger partial charge in [0.2, 0.25) is 0 Å². The van der Waals surface area contributed by atoms with Crippen LogP contribution in [0.4, 0.5) is 18.9 Å². The maximum atomic E-state index is 12.2. The zero-order chi connectivity index (χ0) is 14.3. The van der Waals surface area contributed by atoms with E-state index in [1.807, 2.05) is 0 Å². The number of alkyl halides is 3. The van der Waals surface area contributed by atoms with Crippen molar-refractivity contribution in [2.24, 2.45) is 0 Å². The van der Waals surface area contributed by atoms with Crippen molar-refractivity contribution in [3.8, 4) is 5.75 Å². The van der Waals surface area contributed by atoms with Crippen molar-refractivity contribution in [3.05, 3.63) is 22.2 Å². The monoisotopic (exact) mass is 303 g/mol. The third kappa shape index (κ3) is 2.64. The van der Waals surface area contributed by atoms with E-state index in [9.17, 15) is 26.7 Å². The predicted octanol–water partition coefficient (Wildman–Crippen LogP) is 2.92. The number of nitrogens with one attached hydrogen (secondary N) is 1. The highest BCUT2D eigenvalue weighted by molar-refractivity contribution is 7.93. The number of halogens is 4. The van der Waals surface area contributed by atoms with Gasteiger partial charge in [0, 0.05) is 6.07 Å². The van der Waals surface area contributed by atoms with E-state index < -0.39 is 21.3 Å². The molecule has 4 nitrogen and oxygen atoms in total. The topological polar surface area (TPSA) is 66.4 Å². The van der Waals surface area contributed by atoms with Crippen LogP contribution in [0.15, 0.2) is 6.07 Å². The number of phenolic OH excluding ortho intramolecular Hbond substituents is 1. The van der Waals surface area contributed by atoms with E-state index in [0.29, 0.717) is 0 Å². The molecule has 2 N–H and O–H groups in total. The van der Waals surface area contributed by atoms with Crippen molar-refractivity contribution in [2.45, 2.75) is 19.4 Å². The SMILES string of the molecule is Cc1c(NS(=O)(=O)C(F)(F)F)cc(O)c(Cl)c1C. The first-order valence-corrected chi connectivity index (χ1v) is 6.41. The van der Waals surface area contributed by atoms with Crippen molar-refractivity contribution in [1.82, 2.24) is 0 Å². The lowest BCUT2D eigenvalue weighted by Crippen LogP contribution is -2.30. The minimum atomic E-state index is -5.52. The van der Waals surface area contributed by atoms with E-state index >= 15 is 0 Å². The molecular weight excluding hydrogens is 295 g/mol. The van der Waals surface area contributed by atoms with Gasteiger partial charge in [-0.15, -0.1) is 0 Å². The van der Waals surface area contributed by atoms with Crippen LogP contribution in [-0.2, 0) is 10.0 Å². The molecule has 1 aromatic carbocycles. The van der Waals surface area contributed by atoms with Gasteiger partial charge in [-0.25, -0.2) is 0 Å². The Morgan fingerprint density at radius 3 is 2.22 bits per heavy atom. The quantitative estimate of drug-likeness (QED) is 0.883. The van der Waals surface area contributed by atoms with Crippen molar-refractivity contribution in [2.75, 3.05) is 4.72 Å². The second-order valence-electron chi connectivity index (χ2n) is 3.56. The van der Waals surface area contributed by atoms with Crippen LogP contribution in [0.5, 0.6) is 5.75 Å². The van der Waals surface area contributed by atoms with Crippen molar-refractivity contribution in [1.29, 1.82) is 0 Å². The summed E-state index contributed by atoms with van der Waals surface area (Å²) in [5, 5.41) is 9.32. The van der Waals surface area contributed by atoms with Crippen LogP contribution >= 0.6 is 11.6 Å². The molecule has 0 amide bonds. The molecule has 0 bridgehead atoms. The number of sulfonamides is 1. The Kier molecular flexibility index (Phi) is 3.73. The van der Waals surface area contributed by atoms with E-state index in [1.165, 1.54) is 18.6 Å². The molecule has 0 atom stereocenters. The molecular formula is C9H9ClF3NO3S. The van der Waals surface area contributed by atoms with Gasteiger partial charge in [0.1, 0.15) is 5.75 Å². The zero-order valence-corrected chi connectivity index (χ0v) is 10.8. The number of rotatable bonds is 2. The number of benzene rings is 1. The molecule has 0 saturated heterocycles. The molecule has 0 aliphatic rings. The largest absolute Gasteiger partial charge is 0.516 e. The number of aromatic hydroxyl groups is 1. The summed E-state index contributed by atoms with van der Waals surface area (Å²) in [6.45, 7) is 2.83. The smallest absolute Gasteiger partial charge is 0.506 e. The Balaban J connectivity index is 3.31. The van der Waals surface area contributed by atoms with Crippen molar-refractivity contribution >= 4 is 27.3 Å². The highest BCUT2D eigenvalue weighted by Gasteiger charge is 2.46. The van der Waals surface area contributed by atoms with Crippen LogP contribution in [0, 0.1) is 13.8 Å². The Labute approximate surface area is 106 Å². The fraction of sp³-hybridized carbons (Fsp3) is 0.333. The highest BCUT2D eigenvalue weighted by Crippen LogP contribution is 2.36. The van der Waals surface area contributed by atoms with Crippen LogP contribution in [0.3, 0.4) is 0 Å². The molecule has 1 rings (SSSR count). The summed E-state index contributed by atoms with van der Waals surface area (Å²) < 4.78 is 59.8. The van der Waals surface area contributed by atoms with Gasteiger partial charge in [-0.05, 0) is 25.0 Å². The molecule has 0 fully saturated rings. The Hall–Kier alpha value is -1.15. The van der Waals surface area contributed by atoms with Gasteiger partial charge in [0.05, 0.1) is 10.7 Å². The first kappa shape index (κ1) is 14.9. The molecule has 0 aliphatic heterocycles. The second kappa shape index (κ2) is 4.51. The summed E-state index contributed by atoms with van der Waals surface area (Å²) in [6.07, 6.45) is 0. The molecule has 0 aliphatic carbocycles. The van der Waals surface area contributed by atoms with Crippen LogP contribution in [0.2, 0.25) is 5.02 Å². The van der Waals surface area contributed by atoms with E-state index in [4.69, 9.17) is 11.6 Å². The lowest BCUT2D eigenvalue weighted by molar-refractivity contribution is -0.0429. The lowest BCUT2D eigenvalue weighted by atomic mass is 10.1. The highest BCUT2D eigenvalue weighted by atomic mass is 35.5. The molecule has 0 radical (unpaired) electrons. The normalized spacial score (nSPS) is 12.6. The molecule has 0 spiro atoms. The summed E-state index contributed by atoms with van der Waals surface area (Å²) in [7, 11) is -5.52. The van der Waals surface area contributed by atoms with Gasteiger partial charge in [-0.2, -0.15) is 21.6 Å². The molecule has 0 saturated carbocycles. The Morgan fingerprint density at radius 1 is 1.28 bits per heavy atom. The van der Waals surface area contributed by atoms with Gasteiger partial charge < -0.3 is 5.11 Å². The minimum Gasteiger partial charge on any atom is -0.506 e. The molecule has 1 aromatic rings. The van der Waals surface area contributed by atoms with Crippen LogP contribution < -0.4 is 4.72 Å². The third-order valence-corrected chi connectivity index (χ3v) is 3.93. The van der Waals surface area contributed by atoms with Crippen molar-refractivity contribution < 1.29 is 26.7 Å². The number of anilines is 1. The van der Waals surface area contributed by atoms with Crippen molar-refractivity contribution in [3.63, 3.8) is 0 Å². The third-order valence-electron chi connectivity index (χ3n) is 2.35. The maximum absolute atomic E-state index is 12.2. The molecule has 0 aromatic heterocycles. The van der Waals surface area contributed by atoms with Gasteiger partial charge in [-0.1, -0.05) is 11.6 Å². The first-order valence-electron chi connectivity index (χ1n) is 4.55. The summed E-state index contributed by atoms with van der Waals surface area (Å²) in [4.78, 5) is 0. The van der Waals surface area contributed by atoms with Gasteiger partial charge in [0.25, 0.3) is 0 Å². The van der Waals surface area contributed by atoms with Crippen LogP contribution in [0.25, 0.3) is 0 Å². The van der Waals surface area contributed by atoms with Gasteiger partial charge >= 0.3 is 15.5 Å². The summed E-state index contributed by atoms with van der Waals surface area (Å²) in [5.74, 6) is -0.500. The number of phenols is 1. The average Bonchev–Trinajstić information content (AvgIpc) is 2.21. The van der Waals surface area contributed by atoms with E-state index in [1.54, 1.807) is 0 Å². The zero-order valence-electron chi connectivity index (χ0n) is 9.26. The number of hydrogen-bond donors (Lipinski definition) is 2. The van der Waals surface area contributed by atoms with Crippen LogP contribution in [0.1, 0.15) is 11.1 Å². The fourth-order valence-corrected chi connectivity index (χ4v) is 1.99. The van der Waals surface area contributed by atoms with E-state index in [2.05, 4.69) is 0 Å². The second-order valence-corrected chi connectivity index (χ2v) is 5.61. The summed E-state index contributed by atoms with van der Waals surface area (Å²) in [5.41, 5.74) is -5.31. The summed E-state index contributed by atoms with van der Waals surface area (Å²) >= 11 is 5.67. The molecule has 0 heterocycles. The van der Waals surface area contributed by atoms with Crippen LogP contribution in [-0.4, -0.2) is 19.0 Å². The maximum Gasteiger partial charge on any atom is 0.516 e.